The second-order valence-corrected chi connectivity index (χ2v) is 8.64. The number of alkyl halides is 1. The number of nitrogens with zero attached hydrogens (tertiary/aromatic N) is 2. The molecule has 1 aliphatic rings. The van der Waals surface area contributed by atoms with Crippen molar-refractivity contribution >= 4 is 39.1 Å². The maximum Gasteiger partial charge on any atom is 0.338 e. The number of ether oxygens (including phenoxy) is 1. The zero-order chi connectivity index (χ0) is 21.7. The van der Waals surface area contributed by atoms with Crippen LogP contribution in [0.3, 0.4) is 0 Å². The van der Waals surface area contributed by atoms with Crippen LogP contribution in [-0.2, 0) is 9.53 Å². The Kier molecular flexibility index (Phi) is 7.77. The lowest BCUT2D eigenvalue weighted by Crippen LogP contribution is -2.35. The number of aliphatic imine (C=N–C) groups is 1. The Balaban J connectivity index is 2.04. The van der Waals surface area contributed by atoms with Crippen LogP contribution in [0.5, 0.6) is 0 Å². The van der Waals surface area contributed by atoms with Crippen LogP contribution in [-0.4, -0.2) is 28.2 Å². The van der Waals surface area contributed by atoms with Crippen molar-refractivity contribution in [1.82, 2.24) is 10.3 Å². The van der Waals surface area contributed by atoms with Gasteiger partial charge in [-0.05, 0) is 37.5 Å². The van der Waals surface area contributed by atoms with Crippen LogP contribution >= 0.6 is 27.3 Å². The first kappa shape index (κ1) is 22.6. The van der Waals surface area contributed by atoms with E-state index < -0.39 is 12.0 Å². The van der Waals surface area contributed by atoms with Crippen LogP contribution in [0.25, 0.3) is 0 Å². The summed E-state index contributed by atoms with van der Waals surface area (Å²) in [7, 11) is 0. The molecular formula is C22H25BrFN3O2S. The SMILES string of the molecule is CCCCC(C)OC(=O)C1=C(CBr)NC(c2nccs2)=N[C@H]1c1cccc(F)c1C. The number of aromatic nitrogens is 1. The molecule has 160 valence electrons. The average Bonchev–Trinajstić information content (AvgIpc) is 3.28. The molecule has 1 aliphatic heterocycles. The van der Waals surface area contributed by atoms with Crippen molar-refractivity contribution in [3.05, 3.63) is 63.0 Å². The Morgan fingerprint density at radius 1 is 1.43 bits per heavy atom. The van der Waals surface area contributed by atoms with Gasteiger partial charge in [-0.15, -0.1) is 11.3 Å². The molecule has 0 bridgehead atoms. The number of hydrogen-bond acceptors (Lipinski definition) is 6. The number of thiazole rings is 1. The van der Waals surface area contributed by atoms with Gasteiger partial charge in [0, 0.05) is 22.6 Å². The number of nitrogens with one attached hydrogen (secondary N) is 1. The lowest BCUT2D eigenvalue weighted by Gasteiger charge is -2.28. The van der Waals surface area contributed by atoms with Crippen molar-refractivity contribution in [3.8, 4) is 0 Å². The molecule has 0 radical (unpaired) electrons. The van der Waals surface area contributed by atoms with E-state index in [4.69, 9.17) is 9.73 Å². The highest BCUT2D eigenvalue weighted by Gasteiger charge is 2.34. The van der Waals surface area contributed by atoms with Crippen LogP contribution < -0.4 is 5.32 Å². The summed E-state index contributed by atoms with van der Waals surface area (Å²) in [4.78, 5) is 22.3. The van der Waals surface area contributed by atoms with Crippen molar-refractivity contribution in [2.75, 3.05) is 5.33 Å². The zero-order valence-corrected chi connectivity index (χ0v) is 19.6. The minimum Gasteiger partial charge on any atom is -0.459 e. The fourth-order valence-electron chi connectivity index (χ4n) is 3.33. The number of esters is 1. The summed E-state index contributed by atoms with van der Waals surface area (Å²) in [5.74, 6) is -0.207. The van der Waals surface area contributed by atoms with Gasteiger partial charge in [-0.1, -0.05) is 47.8 Å². The van der Waals surface area contributed by atoms with Gasteiger partial charge in [0.05, 0.1) is 11.7 Å². The quantitative estimate of drug-likeness (QED) is 0.392. The molecule has 1 unspecified atom stereocenters. The van der Waals surface area contributed by atoms with E-state index in [1.54, 1.807) is 25.3 Å². The Morgan fingerprint density at radius 3 is 2.90 bits per heavy atom. The molecule has 2 aromatic rings. The number of rotatable bonds is 8. The summed E-state index contributed by atoms with van der Waals surface area (Å²) in [5.41, 5.74) is 2.14. The first-order chi connectivity index (χ1) is 14.5. The topological polar surface area (TPSA) is 63.6 Å². The van der Waals surface area contributed by atoms with Gasteiger partial charge >= 0.3 is 5.97 Å². The van der Waals surface area contributed by atoms with Gasteiger partial charge in [-0.2, -0.15) is 0 Å². The lowest BCUT2D eigenvalue weighted by atomic mass is 9.92. The Labute approximate surface area is 188 Å². The van der Waals surface area contributed by atoms with Gasteiger partial charge in [-0.3, -0.25) is 4.99 Å². The molecule has 0 amide bonds. The van der Waals surface area contributed by atoms with Crippen LogP contribution in [0.4, 0.5) is 4.39 Å². The van der Waals surface area contributed by atoms with Gasteiger partial charge in [0.25, 0.3) is 0 Å². The minimum atomic E-state index is -0.681. The molecule has 1 aromatic carbocycles. The van der Waals surface area contributed by atoms with Crippen LogP contribution in [0.1, 0.15) is 55.3 Å². The van der Waals surface area contributed by atoms with E-state index in [-0.39, 0.29) is 11.9 Å². The second kappa shape index (κ2) is 10.3. The Hall–Kier alpha value is -2.06. The molecule has 30 heavy (non-hydrogen) atoms. The first-order valence-electron chi connectivity index (χ1n) is 9.95. The molecule has 5 nitrogen and oxygen atoms in total. The fraction of sp³-hybridized carbons (Fsp3) is 0.409. The van der Waals surface area contributed by atoms with Gasteiger partial charge < -0.3 is 10.1 Å². The number of carbonyl (C=O) groups is 1. The smallest absolute Gasteiger partial charge is 0.338 e. The van der Waals surface area contributed by atoms with E-state index in [0.717, 1.165) is 19.3 Å². The predicted octanol–water partition coefficient (Wildman–Crippen LogP) is 5.45. The number of amidine groups is 1. The van der Waals surface area contributed by atoms with Crippen molar-refractivity contribution in [3.63, 3.8) is 0 Å². The normalized spacial score (nSPS) is 17.4. The summed E-state index contributed by atoms with van der Waals surface area (Å²) >= 11 is 4.92. The van der Waals surface area contributed by atoms with Gasteiger partial charge in [0.2, 0.25) is 0 Å². The Bertz CT molecular complexity index is 959. The minimum absolute atomic E-state index is 0.208. The number of allylic oxidation sites excluding steroid dienone is 1. The molecular weight excluding hydrogens is 469 g/mol. The zero-order valence-electron chi connectivity index (χ0n) is 17.2. The van der Waals surface area contributed by atoms with Crippen LogP contribution in [0.15, 0.2) is 46.0 Å². The molecule has 0 saturated heterocycles. The molecule has 3 rings (SSSR count). The molecule has 0 spiro atoms. The van der Waals surface area contributed by atoms with E-state index in [9.17, 15) is 9.18 Å². The summed E-state index contributed by atoms with van der Waals surface area (Å²) in [6, 6.07) is 4.17. The van der Waals surface area contributed by atoms with Gasteiger partial charge in [0.1, 0.15) is 11.9 Å². The average molecular weight is 494 g/mol. The summed E-state index contributed by atoms with van der Waals surface area (Å²) < 4.78 is 20.1. The highest BCUT2D eigenvalue weighted by atomic mass is 79.9. The lowest BCUT2D eigenvalue weighted by molar-refractivity contribution is -0.144. The Morgan fingerprint density at radius 2 is 2.23 bits per heavy atom. The summed E-state index contributed by atoms with van der Waals surface area (Å²) in [6.07, 6.45) is 4.30. The summed E-state index contributed by atoms with van der Waals surface area (Å²) in [6.45, 7) is 5.69. The standard InChI is InChI=1S/C22H25BrFN3O2S/c1-4-5-7-13(2)29-22(28)18-17(12-23)26-20(21-25-10-11-30-21)27-19(18)15-8-6-9-16(24)14(15)3/h6,8-11,13,19H,4-5,7,12H2,1-3H3,(H,26,27)/t13?,19-/m0/s1. The molecule has 2 heterocycles. The molecule has 0 fully saturated rings. The van der Waals surface area contributed by atoms with Gasteiger partial charge in [0.15, 0.2) is 10.8 Å². The van der Waals surface area contributed by atoms with Crippen molar-refractivity contribution in [2.24, 2.45) is 4.99 Å². The maximum absolute atomic E-state index is 14.3. The number of unbranched alkanes of at least 4 members (excludes halogenated alkanes) is 1. The summed E-state index contributed by atoms with van der Waals surface area (Å²) in [5, 5.41) is 6.19. The molecule has 8 heteroatoms. The maximum atomic E-state index is 14.3. The van der Waals surface area contributed by atoms with Crippen LogP contribution in [0.2, 0.25) is 0 Å². The highest BCUT2D eigenvalue weighted by Crippen LogP contribution is 2.35. The van der Waals surface area contributed by atoms with E-state index in [1.165, 1.54) is 17.4 Å². The fourth-order valence-corrected chi connectivity index (χ4v) is 4.36. The third kappa shape index (κ3) is 4.98. The molecule has 2 atom stereocenters. The van der Waals surface area contributed by atoms with E-state index in [2.05, 4.69) is 33.2 Å². The van der Waals surface area contributed by atoms with Crippen LogP contribution in [0, 0.1) is 12.7 Å². The monoisotopic (exact) mass is 493 g/mol. The first-order valence-corrected chi connectivity index (χ1v) is 12.0. The predicted molar refractivity (Wildman–Crippen MR) is 122 cm³/mol. The van der Waals surface area contributed by atoms with E-state index in [1.807, 2.05) is 12.3 Å². The third-order valence-corrected chi connectivity index (χ3v) is 6.33. The van der Waals surface area contributed by atoms with E-state index in [0.29, 0.717) is 38.6 Å². The van der Waals surface area contributed by atoms with Crippen molar-refractivity contribution < 1.29 is 13.9 Å². The molecule has 0 saturated carbocycles. The molecule has 1 N–H and O–H groups in total. The number of hydrogen-bond donors (Lipinski definition) is 1. The third-order valence-electron chi connectivity index (χ3n) is 4.99. The number of carbonyl (C=O) groups excluding carboxylic acids is 1. The number of halogens is 2. The highest BCUT2D eigenvalue weighted by molar-refractivity contribution is 9.09. The molecule has 0 aliphatic carbocycles. The largest absolute Gasteiger partial charge is 0.459 e. The van der Waals surface area contributed by atoms with Gasteiger partial charge in [-0.25, -0.2) is 14.2 Å². The van der Waals surface area contributed by atoms with Crippen molar-refractivity contribution in [1.29, 1.82) is 0 Å². The van der Waals surface area contributed by atoms with E-state index >= 15 is 0 Å². The number of benzene rings is 1. The van der Waals surface area contributed by atoms with Crippen molar-refractivity contribution in [2.45, 2.75) is 52.2 Å². The molecule has 1 aromatic heterocycles. The second-order valence-electron chi connectivity index (χ2n) is 7.18.